The Hall–Kier alpha value is -15.5. The van der Waals surface area contributed by atoms with Crippen LogP contribution in [0.1, 0.15) is 163 Å². The van der Waals surface area contributed by atoms with Gasteiger partial charge >= 0.3 is 36.1 Å². The molecule has 0 aliphatic rings. The average molecular weight is 1990 g/mol. The first-order chi connectivity index (χ1) is 69.1. The molecule has 3 heterocycles. The summed E-state index contributed by atoms with van der Waals surface area (Å²) in [6, 6.07) is 75.4. The number of nitrogens with two attached hydrogens (primary N) is 2. The molecule has 0 saturated carbocycles. The maximum Gasteiger partial charge on any atom is 0.408 e. The molecule has 6 atom stereocenters. The lowest BCUT2D eigenvalue weighted by molar-refractivity contribution is -0.153. The van der Waals surface area contributed by atoms with E-state index in [-0.39, 0.29) is 86.9 Å². The Labute approximate surface area is 840 Å². The van der Waals surface area contributed by atoms with Crippen molar-refractivity contribution >= 4 is 54.2 Å². The number of nitrogens with one attached hydrogen (secondary N) is 2. The standard InChI is InChI=1S/C45H47F2N3O7.C28H33F2N3O4.C22H24F2N2.C19H19NO5/c1-31(51)55-30-41(52)50(23-22-39(43(53)56-28-33-16-10-6-11-17-33)48-44(54)57-29-34-18-12-7-13-19-34)42(45(2,3)4)40-24-35(37-25-36(46)20-21-38(37)47)27-49(40)26-32-14-8-5-9-15-32;1-28(2,3)26(33(25(35)17-34)12-11-23(31)27(36)37)24-13-19(21-14-20(29)9-10-22(21)30)16-32(24)15-18-7-5-4-6-8-18;1-22(2,3)21(25)20-11-16(18-12-17(23)9-10-19(18)24)14-26(20)13-15-7-5-4-6-8-15;21-12-11-17(18(22)24-13-15-7-3-1-4-8-15)20-19(23)25-14-16-9-5-2-6-10-16/h5-21,24-25,27,39,42H,22-23,26,28-30H2,1-4H3,(H,48,54);4-10,13-14,16,23,26,34H,11-12,15,17,31H2,1-3H3,(H,36,37);4-12,14,21H,13,25H2,1-3H3;1-10,12,17H,11,13-14H2,(H,20,23)/t39-,42-;23-,26-;21-;17-/m0000/s1. The second-order valence-corrected chi connectivity index (χ2v) is 37.8. The Morgan fingerprint density at radius 2 is 0.690 bits per heavy atom. The van der Waals surface area contributed by atoms with Crippen LogP contribution in [0.25, 0.3) is 33.4 Å². The SMILES string of the molecule is CC(=O)OCC(=O)N(CC[C@H](NC(=O)OCc1ccccc1)C(=O)OCc1ccccc1)[C@@H](c1cc(-c2cc(F)ccc2F)cn1Cc1ccccc1)C(C)(C)C.CC(C)(C)[C@@H](N)c1cc(-c2cc(F)ccc2F)cn1Cc1ccccc1.CC(C)(C)[C@H](c1cc(-c2cc(F)ccc2F)cn1Cc1ccccc1)N(CC[C@H](N)C(=O)O)C(=O)CO.O=CC[C@H](NC(=O)OCc1ccccc1)C(=O)OCc1ccccc1. The maximum atomic E-state index is 15.3. The van der Waals surface area contributed by atoms with Crippen LogP contribution in [-0.2, 0) is 103 Å². The number of carbonyl (C=O) groups is 9. The number of ether oxygens (including phenoxy) is 5. The Balaban J connectivity index is 0.000000211. The molecule has 0 radical (unpaired) electrons. The van der Waals surface area contributed by atoms with E-state index in [1.807, 2.05) is 231 Å². The van der Waals surface area contributed by atoms with E-state index >= 15 is 4.39 Å². The van der Waals surface area contributed by atoms with Crippen molar-refractivity contribution in [2.24, 2.45) is 27.7 Å². The number of rotatable bonds is 38. The molecule has 0 unspecified atom stereocenters. The minimum atomic E-state index is -1.27. The van der Waals surface area contributed by atoms with Gasteiger partial charge in [0.1, 0.15) is 92.3 Å². The largest absolute Gasteiger partial charge is 0.480 e. The molecular formula is C114H123F6N9O16. The zero-order valence-electron chi connectivity index (χ0n) is 82.6. The quantitative estimate of drug-likeness (QED) is 0.00906. The van der Waals surface area contributed by atoms with Gasteiger partial charge in [0.2, 0.25) is 5.91 Å². The zero-order valence-corrected chi connectivity index (χ0v) is 82.6. The molecule has 10 aromatic carbocycles. The molecule has 762 valence electrons. The van der Waals surface area contributed by atoms with Crippen molar-refractivity contribution in [2.75, 3.05) is 26.3 Å². The fourth-order valence-corrected chi connectivity index (χ4v) is 16.1. The molecule has 0 spiro atoms. The predicted octanol–water partition coefficient (Wildman–Crippen LogP) is 20.7. The fourth-order valence-electron chi connectivity index (χ4n) is 16.1. The van der Waals surface area contributed by atoms with Gasteiger partial charge < -0.3 is 84.3 Å². The lowest BCUT2D eigenvalue weighted by atomic mass is 9.82. The number of hydrogen-bond acceptors (Lipinski definition) is 17. The number of aliphatic hydroxyl groups is 1. The lowest BCUT2D eigenvalue weighted by Crippen LogP contribution is -2.48. The number of aliphatic carboxylic acids is 1. The van der Waals surface area contributed by atoms with Gasteiger partial charge in [-0.25, -0.2) is 45.5 Å². The van der Waals surface area contributed by atoms with Crippen LogP contribution < -0.4 is 22.1 Å². The number of benzene rings is 10. The molecule has 25 nitrogen and oxygen atoms in total. The van der Waals surface area contributed by atoms with Crippen molar-refractivity contribution in [3.8, 4) is 33.4 Å². The number of carboxylic acid groups (broad SMARTS) is 1. The van der Waals surface area contributed by atoms with E-state index in [1.54, 1.807) is 73.1 Å². The minimum absolute atomic E-state index is 0.0189. The van der Waals surface area contributed by atoms with Crippen molar-refractivity contribution in [1.82, 2.24) is 34.1 Å². The second-order valence-electron chi connectivity index (χ2n) is 37.8. The first-order valence-corrected chi connectivity index (χ1v) is 47.1. The highest BCUT2D eigenvalue weighted by Crippen LogP contribution is 2.45. The van der Waals surface area contributed by atoms with Crippen molar-refractivity contribution < 1.29 is 103 Å². The van der Waals surface area contributed by atoms with Crippen LogP contribution in [0, 0.1) is 51.1 Å². The summed E-state index contributed by atoms with van der Waals surface area (Å²) in [6.07, 6.45) is 3.82. The van der Waals surface area contributed by atoms with Gasteiger partial charge in [0.15, 0.2) is 6.61 Å². The van der Waals surface area contributed by atoms with Crippen LogP contribution in [-0.4, -0.2) is 132 Å². The average Bonchev–Trinajstić information content (AvgIpc) is 1.64. The number of aromatic nitrogens is 3. The van der Waals surface area contributed by atoms with Crippen molar-refractivity contribution in [3.63, 3.8) is 0 Å². The van der Waals surface area contributed by atoms with Crippen molar-refractivity contribution in [2.45, 2.75) is 171 Å². The minimum Gasteiger partial charge on any atom is -0.480 e. The monoisotopic (exact) mass is 1990 g/mol. The molecule has 145 heavy (non-hydrogen) atoms. The summed E-state index contributed by atoms with van der Waals surface area (Å²) < 4.78 is 119. The summed E-state index contributed by atoms with van der Waals surface area (Å²) in [5.74, 6) is -7.81. The first-order valence-electron chi connectivity index (χ1n) is 47.1. The predicted molar refractivity (Wildman–Crippen MR) is 539 cm³/mol. The number of carbonyl (C=O) groups excluding carboxylic acids is 8. The van der Waals surface area contributed by atoms with Crippen molar-refractivity contribution in [1.29, 1.82) is 0 Å². The molecule has 13 aromatic rings. The third kappa shape index (κ3) is 34.1. The van der Waals surface area contributed by atoms with Crippen LogP contribution in [0.2, 0.25) is 0 Å². The number of halogens is 6. The number of nitrogens with zero attached hydrogens (tertiary/aromatic N) is 5. The number of aliphatic hydroxyl groups excluding tert-OH is 1. The number of esters is 3. The number of carboxylic acids is 1. The molecule has 0 aliphatic carbocycles. The summed E-state index contributed by atoms with van der Waals surface area (Å²) in [4.78, 5) is 115. The number of aldehydes is 1. The molecule has 13 rings (SSSR count). The van der Waals surface area contributed by atoms with Gasteiger partial charge in [0.05, 0.1) is 12.1 Å². The molecule has 8 N–H and O–H groups in total. The topological polar surface area (TPSA) is 338 Å². The Kier molecular flexibility index (Phi) is 41.2. The normalized spacial score (nSPS) is 12.5. The van der Waals surface area contributed by atoms with E-state index in [0.29, 0.717) is 54.0 Å². The molecule has 0 aliphatic heterocycles. The van der Waals surface area contributed by atoms with Crippen molar-refractivity contribution in [3.05, 3.63) is 395 Å². The molecule has 31 heteroatoms. The van der Waals surface area contributed by atoms with Crippen LogP contribution in [0.3, 0.4) is 0 Å². The van der Waals surface area contributed by atoms with Gasteiger partial charge in [-0.1, -0.05) is 275 Å². The van der Waals surface area contributed by atoms with Crippen LogP contribution >= 0.6 is 0 Å². The Morgan fingerprint density at radius 3 is 1.01 bits per heavy atom. The molecule has 3 aromatic heterocycles. The summed E-state index contributed by atoms with van der Waals surface area (Å²) in [7, 11) is 0. The maximum absolute atomic E-state index is 15.3. The van der Waals surface area contributed by atoms with Crippen LogP contribution in [0.5, 0.6) is 0 Å². The third-order valence-electron chi connectivity index (χ3n) is 23.4. The molecular weight excluding hydrogens is 1870 g/mol. The first kappa shape index (κ1) is 112. The van der Waals surface area contributed by atoms with E-state index in [2.05, 4.69) is 31.4 Å². The molecule has 0 saturated heterocycles. The highest BCUT2D eigenvalue weighted by molar-refractivity contribution is 5.85. The summed E-state index contributed by atoms with van der Waals surface area (Å²) in [6.45, 7) is 18.7. The fraction of sp³-hybridized carbons (Fsp3) is 0.289. The smallest absolute Gasteiger partial charge is 0.408 e. The zero-order chi connectivity index (χ0) is 105. The molecule has 0 fully saturated rings. The summed E-state index contributed by atoms with van der Waals surface area (Å²) in [5, 5.41) is 24.0. The van der Waals surface area contributed by atoms with E-state index < -0.39 is 137 Å². The van der Waals surface area contributed by atoms with E-state index in [0.717, 1.165) is 93.2 Å². The number of amides is 4. The van der Waals surface area contributed by atoms with Gasteiger partial charge in [-0.05, 0) is 141 Å². The highest BCUT2D eigenvalue weighted by atomic mass is 19.1. The Morgan fingerprint density at radius 1 is 0.386 bits per heavy atom. The summed E-state index contributed by atoms with van der Waals surface area (Å²) >= 11 is 0. The third-order valence-corrected chi connectivity index (χ3v) is 23.4. The van der Waals surface area contributed by atoms with E-state index in [4.69, 9.17) is 35.2 Å². The van der Waals surface area contributed by atoms with Crippen LogP contribution in [0.4, 0.5) is 35.9 Å². The number of alkyl carbamates (subject to hydrolysis) is 2. The van der Waals surface area contributed by atoms with Gasteiger partial charge in [-0.3, -0.25) is 19.2 Å². The van der Waals surface area contributed by atoms with E-state index in [9.17, 15) is 75.3 Å². The van der Waals surface area contributed by atoms with Gasteiger partial charge in [-0.2, -0.15) is 0 Å². The lowest BCUT2D eigenvalue weighted by Gasteiger charge is -2.41. The summed E-state index contributed by atoms with van der Waals surface area (Å²) in [5.41, 5.74) is 20.7. The van der Waals surface area contributed by atoms with Gasteiger partial charge in [0.25, 0.3) is 5.91 Å². The van der Waals surface area contributed by atoms with Gasteiger partial charge in [0, 0.05) is 121 Å². The number of hydrogen-bond donors (Lipinski definition) is 6. The van der Waals surface area contributed by atoms with E-state index in [1.165, 1.54) is 22.8 Å². The molecule has 4 amide bonds. The highest BCUT2D eigenvalue weighted by Gasteiger charge is 2.41. The van der Waals surface area contributed by atoms with Crippen LogP contribution in [0.15, 0.2) is 304 Å². The Bertz CT molecular complexity index is 6420. The molecule has 0 bridgehead atoms. The van der Waals surface area contributed by atoms with Gasteiger partial charge in [-0.15, -0.1) is 0 Å². The second kappa shape index (κ2) is 53.6.